The van der Waals surface area contributed by atoms with Gasteiger partial charge in [0.1, 0.15) is 0 Å². The molecule has 0 heterocycles. The molecule has 0 aliphatic carbocycles. The Balaban J connectivity index is 3.37. The van der Waals surface area contributed by atoms with Crippen molar-refractivity contribution in [1.82, 2.24) is 5.32 Å². The molecule has 0 aliphatic rings. The number of rotatable bonds is 3. The quantitative estimate of drug-likeness (QED) is 0.565. The summed E-state index contributed by atoms with van der Waals surface area (Å²) < 4.78 is 0. The van der Waals surface area contributed by atoms with Crippen LogP contribution in [0, 0.1) is 0 Å². The van der Waals surface area contributed by atoms with Gasteiger partial charge >= 0.3 is 0 Å². The average Bonchev–Trinajstić information content (AvgIpc) is 1.85. The van der Waals surface area contributed by atoms with Crippen LogP contribution in [0.25, 0.3) is 0 Å². The van der Waals surface area contributed by atoms with Gasteiger partial charge in [0, 0.05) is 6.54 Å². The van der Waals surface area contributed by atoms with Crippen molar-refractivity contribution in [3.8, 4) is 0 Å². The minimum atomic E-state index is -0.000602. The maximum absolute atomic E-state index is 10.6. The molecule has 0 rings (SSSR count). The summed E-state index contributed by atoms with van der Waals surface area (Å²) >= 11 is 0. The SMILES string of the molecule is CC/C=C\C(=O)NCC. The predicted octanol–water partition coefficient (Wildman–Crippen LogP) is 1.09. The van der Waals surface area contributed by atoms with Gasteiger partial charge in [-0.05, 0) is 19.4 Å². The van der Waals surface area contributed by atoms with E-state index in [1.165, 1.54) is 0 Å². The first-order valence-corrected chi connectivity index (χ1v) is 3.25. The van der Waals surface area contributed by atoms with E-state index >= 15 is 0 Å². The zero-order valence-corrected chi connectivity index (χ0v) is 5.98. The van der Waals surface area contributed by atoms with Gasteiger partial charge in [0.2, 0.25) is 5.91 Å². The lowest BCUT2D eigenvalue weighted by molar-refractivity contribution is -0.116. The molecule has 0 aromatic heterocycles. The summed E-state index contributed by atoms with van der Waals surface area (Å²) in [6.07, 6.45) is 4.31. The van der Waals surface area contributed by atoms with Crippen LogP contribution in [0.4, 0.5) is 0 Å². The maximum atomic E-state index is 10.6. The zero-order valence-electron chi connectivity index (χ0n) is 5.98. The molecule has 0 fully saturated rings. The molecule has 0 aliphatic heterocycles. The van der Waals surface area contributed by atoms with Crippen LogP contribution < -0.4 is 5.32 Å². The number of hydrogen-bond acceptors (Lipinski definition) is 1. The van der Waals surface area contributed by atoms with Crippen molar-refractivity contribution in [3.05, 3.63) is 12.2 Å². The third-order valence-electron chi connectivity index (χ3n) is 0.856. The molecular weight excluding hydrogens is 114 g/mol. The Bertz CT molecular complexity index is 107. The molecule has 0 radical (unpaired) electrons. The second-order valence-corrected chi connectivity index (χ2v) is 1.71. The zero-order chi connectivity index (χ0) is 7.11. The molecule has 0 spiro atoms. The number of amides is 1. The number of nitrogens with one attached hydrogen (secondary N) is 1. The van der Waals surface area contributed by atoms with Gasteiger partial charge in [-0.1, -0.05) is 13.0 Å². The molecule has 0 saturated carbocycles. The lowest BCUT2D eigenvalue weighted by Gasteiger charge is -1.92. The fourth-order valence-electron chi connectivity index (χ4n) is 0.458. The molecule has 52 valence electrons. The molecule has 2 heteroatoms. The first kappa shape index (κ1) is 8.21. The van der Waals surface area contributed by atoms with Gasteiger partial charge in [-0.25, -0.2) is 0 Å². The Labute approximate surface area is 56.0 Å². The first-order chi connectivity index (χ1) is 4.31. The number of carbonyl (C=O) groups is 1. The van der Waals surface area contributed by atoms with Crippen LogP contribution in [-0.4, -0.2) is 12.5 Å². The van der Waals surface area contributed by atoms with Gasteiger partial charge in [-0.2, -0.15) is 0 Å². The molecule has 1 amide bonds. The minimum absolute atomic E-state index is 0.000602. The number of carbonyl (C=O) groups excluding carboxylic acids is 1. The molecule has 0 saturated heterocycles. The monoisotopic (exact) mass is 127 g/mol. The van der Waals surface area contributed by atoms with Gasteiger partial charge in [0.25, 0.3) is 0 Å². The summed E-state index contributed by atoms with van der Waals surface area (Å²) in [5, 5.41) is 2.65. The summed E-state index contributed by atoms with van der Waals surface area (Å²) in [7, 11) is 0. The Morgan fingerprint density at radius 2 is 2.22 bits per heavy atom. The van der Waals surface area contributed by atoms with Crippen molar-refractivity contribution in [2.75, 3.05) is 6.54 Å². The lowest BCUT2D eigenvalue weighted by Crippen LogP contribution is -2.19. The second kappa shape index (κ2) is 5.35. The molecule has 2 nitrogen and oxygen atoms in total. The fourth-order valence-corrected chi connectivity index (χ4v) is 0.458. The van der Waals surface area contributed by atoms with E-state index in [2.05, 4.69) is 5.32 Å². The highest BCUT2D eigenvalue weighted by molar-refractivity contribution is 5.87. The van der Waals surface area contributed by atoms with E-state index in [0.717, 1.165) is 6.42 Å². The first-order valence-electron chi connectivity index (χ1n) is 3.25. The molecule has 0 bridgehead atoms. The van der Waals surface area contributed by atoms with Gasteiger partial charge in [-0.3, -0.25) is 4.79 Å². The standard InChI is InChI=1S/C7H13NO/c1-3-5-6-7(9)8-4-2/h5-6H,3-4H2,1-2H3,(H,8,9)/b6-5-. The van der Waals surface area contributed by atoms with E-state index in [0.29, 0.717) is 6.54 Å². The Kier molecular flexibility index (Phi) is 4.88. The molecule has 0 aromatic rings. The van der Waals surface area contributed by atoms with E-state index in [1.54, 1.807) is 6.08 Å². The molecule has 9 heavy (non-hydrogen) atoms. The van der Waals surface area contributed by atoms with Gasteiger partial charge in [0.05, 0.1) is 0 Å². The summed E-state index contributed by atoms with van der Waals surface area (Å²) in [6.45, 7) is 4.60. The minimum Gasteiger partial charge on any atom is -0.353 e. The van der Waals surface area contributed by atoms with Gasteiger partial charge in [0.15, 0.2) is 0 Å². The van der Waals surface area contributed by atoms with Crippen molar-refractivity contribution in [2.45, 2.75) is 20.3 Å². The van der Waals surface area contributed by atoms with Crippen molar-refractivity contribution in [2.24, 2.45) is 0 Å². The van der Waals surface area contributed by atoms with Crippen LogP contribution in [0.15, 0.2) is 12.2 Å². The lowest BCUT2D eigenvalue weighted by atomic mass is 10.4. The Morgan fingerprint density at radius 1 is 1.56 bits per heavy atom. The Hall–Kier alpha value is -0.790. The van der Waals surface area contributed by atoms with Crippen LogP contribution in [0.5, 0.6) is 0 Å². The largest absolute Gasteiger partial charge is 0.353 e. The van der Waals surface area contributed by atoms with Crippen molar-refractivity contribution >= 4 is 5.91 Å². The Morgan fingerprint density at radius 3 is 2.67 bits per heavy atom. The third-order valence-corrected chi connectivity index (χ3v) is 0.856. The van der Waals surface area contributed by atoms with Crippen LogP contribution in [0.2, 0.25) is 0 Å². The summed E-state index contributed by atoms with van der Waals surface area (Å²) in [6, 6.07) is 0. The molecular formula is C7H13NO. The van der Waals surface area contributed by atoms with Crippen molar-refractivity contribution in [1.29, 1.82) is 0 Å². The number of allylic oxidation sites excluding steroid dienone is 1. The van der Waals surface area contributed by atoms with Crippen LogP contribution in [0.1, 0.15) is 20.3 Å². The van der Waals surface area contributed by atoms with E-state index in [1.807, 2.05) is 19.9 Å². The van der Waals surface area contributed by atoms with E-state index in [-0.39, 0.29) is 5.91 Å². The molecule has 0 unspecified atom stereocenters. The van der Waals surface area contributed by atoms with E-state index in [9.17, 15) is 4.79 Å². The van der Waals surface area contributed by atoms with Crippen LogP contribution in [0.3, 0.4) is 0 Å². The molecule has 0 aromatic carbocycles. The van der Waals surface area contributed by atoms with E-state index < -0.39 is 0 Å². The average molecular weight is 127 g/mol. The molecule has 0 atom stereocenters. The highest BCUT2D eigenvalue weighted by atomic mass is 16.1. The predicted molar refractivity (Wildman–Crippen MR) is 38.1 cm³/mol. The van der Waals surface area contributed by atoms with Crippen LogP contribution >= 0.6 is 0 Å². The third kappa shape index (κ3) is 5.07. The van der Waals surface area contributed by atoms with Crippen LogP contribution in [-0.2, 0) is 4.79 Å². The number of likely N-dealkylation sites (N-methyl/N-ethyl adjacent to an activating group) is 1. The maximum Gasteiger partial charge on any atom is 0.243 e. The summed E-state index contributed by atoms with van der Waals surface area (Å²) in [4.78, 5) is 10.6. The van der Waals surface area contributed by atoms with Crippen molar-refractivity contribution < 1.29 is 4.79 Å². The molecule has 1 N–H and O–H groups in total. The fraction of sp³-hybridized carbons (Fsp3) is 0.571. The highest BCUT2D eigenvalue weighted by Gasteiger charge is 1.86. The smallest absolute Gasteiger partial charge is 0.243 e. The van der Waals surface area contributed by atoms with Gasteiger partial charge < -0.3 is 5.32 Å². The van der Waals surface area contributed by atoms with E-state index in [4.69, 9.17) is 0 Å². The van der Waals surface area contributed by atoms with Crippen molar-refractivity contribution in [3.63, 3.8) is 0 Å². The van der Waals surface area contributed by atoms with Gasteiger partial charge in [-0.15, -0.1) is 0 Å². The topological polar surface area (TPSA) is 29.1 Å². The second-order valence-electron chi connectivity index (χ2n) is 1.71. The number of hydrogen-bond donors (Lipinski definition) is 1. The highest BCUT2D eigenvalue weighted by Crippen LogP contribution is 1.78. The normalized spacial score (nSPS) is 10.0. The summed E-state index contributed by atoms with van der Waals surface area (Å²) in [5.74, 6) is -0.000602. The summed E-state index contributed by atoms with van der Waals surface area (Å²) in [5.41, 5.74) is 0.